The highest BCUT2D eigenvalue weighted by atomic mass is 35.5. The number of carbonyl (C=O) groups excluding carboxylic acids is 1. The van der Waals surface area contributed by atoms with E-state index in [0.29, 0.717) is 21.8 Å². The standard InChI is InChI=1S/C28H29Cl2F2N3O9S2/c1-45(38,39)16-46(40,41)34-20-7-4-17(5-8-20)12-33-28(36)44-25(11-21-22(29)13-35(37)14-23(21)30)19-6-9-24(43-27(31)32)26(10-19)42-15-18-2-3-18/h4-10,13-14,18,25,27,34H,2-3,11-12,15-16H2,1H3,(H,33,36)/t25-/m0/s1. The highest BCUT2D eigenvalue weighted by molar-refractivity contribution is 8.08. The van der Waals surface area contributed by atoms with Crippen molar-refractivity contribution in [2.24, 2.45) is 5.92 Å². The largest absolute Gasteiger partial charge is 0.619 e. The summed E-state index contributed by atoms with van der Waals surface area (Å²) < 4.78 is 91.5. The molecule has 2 aromatic carbocycles. The van der Waals surface area contributed by atoms with E-state index >= 15 is 0 Å². The van der Waals surface area contributed by atoms with Gasteiger partial charge in [-0.05, 0) is 54.2 Å². The van der Waals surface area contributed by atoms with Crippen LogP contribution in [0.2, 0.25) is 10.0 Å². The second-order valence-corrected chi connectivity index (χ2v) is 15.6. The number of halogens is 4. The van der Waals surface area contributed by atoms with Gasteiger partial charge in [-0.25, -0.2) is 21.6 Å². The number of aromatic nitrogens is 1. The van der Waals surface area contributed by atoms with E-state index < -0.39 is 43.8 Å². The van der Waals surface area contributed by atoms with Crippen LogP contribution in [0, 0.1) is 11.1 Å². The monoisotopic (exact) mass is 723 g/mol. The van der Waals surface area contributed by atoms with Crippen molar-refractivity contribution < 1.29 is 49.4 Å². The van der Waals surface area contributed by atoms with Gasteiger partial charge in [-0.3, -0.25) is 4.72 Å². The van der Waals surface area contributed by atoms with Crippen LogP contribution >= 0.6 is 23.2 Å². The molecule has 4 rings (SSSR count). The number of alkyl halides is 2. The Morgan fingerprint density at radius 2 is 1.70 bits per heavy atom. The molecule has 1 aliphatic rings. The molecule has 250 valence electrons. The fraction of sp³-hybridized carbons (Fsp3) is 0.357. The van der Waals surface area contributed by atoms with Crippen LogP contribution in [0.3, 0.4) is 0 Å². The lowest BCUT2D eigenvalue weighted by molar-refractivity contribution is -0.605. The molecule has 1 fully saturated rings. The van der Waals surface area contributed by atoms with Gasteiger partial charge in [0.2, 0.25) is 10.0 Å². The fourth-order valence-electron chi connectivity index (χ4n) is 4.19. The maximum atomic E-state index is 13.1. The molecule has 1 amide bonds. The highest BCUT2D eigenvalue weighted by Gasteiger charge is 2.26. The second kappa shape index (κ2) is 14.9. The Bertz CT molecular complexity index is 1750. The normalized spacial score (nSPS) is 14.0. The average Bonchev–Trinajstić information content (AvgIpc) is 3.76. The van der Waals surface area contributed by atoms with Crippen LogP contribution < -0.4 is 24.2 Å². The van der Waals surface area contributed by atoms with Crippen molar-refractivity contribution in [3.05, 3.63) is 86.8 Å². The second-order valence-electron chi connectivity index (χ2n) is 10.5. The van der Waals surface area contributed by atoms with Gasteiger partial charge < -0.3 is 24.7 Å². The lowest BCUT2D eigenvalue weighted by Crippen LogP contribution is -2.28. The smallest absolute Gasteiger partial charge is 0.408 e. The zero-order valence-electron chi connectivity index (χ0n) is 24.1. The summed E-state index contributed by atoms with van der Waals surface area (Å²) in [5, 5.41) is 13.3. The quantitative estimate of drug-likeness (QED) is 0.163. The molecule has 12 nitrogen and oxygen atoms in total. The van der Waals surface area contributed by atoms with E-state index in [1.165, 1.54) is 42.5 Å². The van der Waals surface area contributed by atoms with Gasteiger partial charge in [0, 0.05) is 30.5 Å². The maximum Gasteiger partial charge on any atom is 0.408 e. The summed E-state index contributed by atoms with van der Waals surface area (Å²) in [6.45, 7) is -2.87. The zero-order valence-corrected chi connectivity index (χ0v) is 27.3. The molecule has 0 spiro atoms. The number of benzene rings is 2. The van der Waals surface area contributed by atoms with Gasteiger partial charge in [0.1, 0.15) is 16.1 Å². The third-order valence-electron chi connectivity index (χ3n) is 6.46. The molecule has 0 bridgehead atoms. The SMILES string of the molecule is CS(=O)(=O)CS(=O)(=O)Nc1ccc(CNC(=O)O[C@@H](Cc2c(Cl)c[n+]([O-])cc2Cl)c2ccc(OC(F)F)c(OCC3CC3)c2)cc1. The number of ether oxygens (including phenoxy) is 3. The molecule has 18 heteroatoms. The predicted molar refractivity (Wildman–Crippen MR) is 165 cm³/mol. The molecule has 2 N–H and O–H groups in total. The van der Waals surface area contributed by atoms with Crippen LogP contribution in [0.15, 0.2) is 54.9 Å². The van der Waals surface area contributed by atoms with Crippen molar-refractivity contribution in [2.45, 2.75) is 38.5 Å². The molecule has 3 aromatic rings. The van der Waals surface area contributed by atoms with E-state index in [4.69, 9.17) is 32.7 Å². The molecule has 1 aliphatic carbocycles. The molecule has 0 radical (unpaired) electrons. The number of alkyl carbamates (subject to hydrolysis) is 1. The van der Waals surface area contributed by atoms with E-state index in [2.05, 4.69) is 14.8 Å². The van der Waals surface area contributed by atoms with Crippen molar-refractivity contribution >= 4 is 54.8 Å². The van der Waals surface area contributed by atoms with E-state index in [9.17, 15) is 35.6 Å². The number of sulfonamides is 1. The molecular weight excluding hydrogens is 695 g/mol. The minimum Gasteiger partial charge on any atom is -0.619 e. The summed E-state index contributed by atoms with van der Waals surface area (Å²) in [4.78, 5) is 13.0. The molecule has 0 saturated heterocycles. The Morgan fingerprint density at radius 1 is 1.04 bits per heavy atom. The summed E-state index contributed by atoms with van der Waals surface area (Å²) >= 11 is 12.5. The molecule has 1 atom stereocenters. The lowest BCUT2D eigenvalue weighted by Gasteiger charge is -2.21. The van der Waals surface area contributed by atoms with Crippen LogP contribution in [0.1, 0.15) is 35.6 Å². The van der Waals surface area contributed by atoms with Crippen LogP contribution in [-0.4, -0.2) is 47.5 Å². The Labute approximate surface area is 274 Å². The molecule has 0 aliphatic heterocycles. The van der Waals surface area contributed by atoms with Crippen molar-refractivity contribution in [3.63, 3.8) is 0 Å². The Morgan fingerprint density at radius 3 is 2.28 bits per heavy atom. The number of nitrogens with zero attached hydrogens (tertiary/aromatic N) is 1. The zero-order chi connectivity index (χ0) is 33.6. The average molecular weight is 725 g/mol. The van der Waals surface area contributed by atoms with Crippen LogP contribution in [0.5, 0.6) is 11.5 Å². The molecular formula is C28H29Cl2F2N3O9S2. The number of amides is 1. The third kappa shape index (κ3) is 11.0. The third-order valence-corrected chi connectivity index (χ3v) is 10.6. The van der Waals surface area contributed by atoms with Crippen LogP contribution in [0.4, 0.5) is 19.3 Å². The minimum absolute atomic E-state index is 0.00613. The van der Waals surface area contributed by atoms with Crippen molar-refractivity contribution in [1.82, 2.24) is 5.32 Å². The topological polar surface area (TPSA) is 164 Å². The maximum absolute atomic E-state index is 13.1. The van der Waals surface area contributed by atoms with E-state index in [0.717, 1.165) is 31.5 Å². The Hall–Kier alpha value is -3.60. The molecule has 1 aromatic heterocycles. The number of pyridine rings is 1. The number of carbonyl (C=O) groups is 1. The van der Waals surface area contributed by atoms with E-state index in [1.807, 2.05) is 0 Å². The van der Waals surface area contributed by atoms with Gasteiger partial charge in [0.05, 0.1) is 6.61 Å². The van der Waals surface area contributed by atoms with Crippen LogP contribution in [-0.2, 0) is 37.6 Å². The fourth-order valence-corrected chi connectivity index (χ4v) is 7.77. The summed E-state index contributed by atoms with van der Waals surface area (Å²) in [6, 6.07) is 9.88. The van der Waals surface area contributed by atoms with E-state index in [1.54, 1.807) is 0 Å². The predicted octanol–water partition coefficient (Wildman–Crippen LogP) is 4.97. The van der Waals surface area contributed by atoms with Gasteiger partial charge in [-0.2, -0.15) is 13.5 Å². The van der Waals surface area contributed by atoms with Crippen LogP contribution in [0.25, 0.3) is 0 Å². The first-order chi connectivity index (χ1) is 21.6. The van der Waals surface area contributed by atoms with Gasteiger partial charge in [-0.15, -0.1) is 0 Å². The number of rotatable bonds is 15. The van der Waals surface area contributed by atoms with Crippen molar-refractivity contribution in [3.8, 4) is 11.5 Å². The molecule has 1 heterocycles. The summed E-state index contributed by atoms with van der Waals surface area (Å²) in [5.41, 5.74) is 1.28. The molecule has 46 heavy (non-hydrogen) atoms. The van der Waals surface area contributed by atoms with E-state index in [-0.39, 0.29) is 52.4 Å². The lowest BCUT2D eigenvalue weighted by atomic mass is 10.0. The van der Waals surface area contributed by atoms with Gasteiger partial charge in [0.25, 0.3) is 0 Å². The number of hydrogen-bond acceptors (Lipinski definition) is 9. The van der Waals surface area contributed by atoms with Crippen molar-refractivity contribution in [2.75, 3.05) is 22.7 Å². The number of hydrogen-bond donors (Lipinski definition) is 2. The number of nitrogens with one attached hydrogen (secondary N) is 2. The molecule has 0 unspecified atom stereocenters. The summed E-state index contributed by atoms with van der Waals surface area (Å²) in [5.74, 6) is 0.116. The van der Waals surface area contributed by atoms with Gasteiger partial charge >= 0.3 is 12.7 Å². The Balaban J connectivity index is 1.51. The summed E-state index contributed by atoms with van der Waals surface area (Å²) in [6.07, 6.45) is 2.76. The highest BCUT2D eigenvalue weighted by Crippen LogP contribution is 2.37. The number of sulfone groups is 1. The minimum atomic E-state index is -4.14. The Kier molecular flexibility index (Phi) is 11.4. The summed E-state index contributed by atoms with van der Waals surface area (Å²) in [7, 11) is -7.92. The number of anilines is 1. The molecule has 1 saturated carbocycles. The first-order valence-electron chi connectivity index (χ1n) is 13.6. The first kappa shape index (κ1) is 35.3. The first-order valence-corrected chi connectivity index (χ1v) is 18.0. The van der Waals surface area contributed by atoms with Gasteiger partial charge in [0.15, 0.2) is 38.8 Å². The van der Waals surface area contributed by atoms with Gasteiger partial charge in [-0.1, -0.05) is 41.4 Å². The van der Waals surface area contributed by atoms with Crippen molar-refractivity contribution in [1.29, 1.82) is 0 Å².